The molecule has 14 heavy (non-hydrogen) atoms. The Balaban J connectivity index is 2.09. The monoisotopic (exact) mass is 194 g/mol. The summed E-state index contributed by atoms with van der Waals surface area (Å²) in [7, 11) is 0. The SMILES string of the molecule is NC(=O)NCc1ccc2c(c1)OCO2. The molecule has 5 nitrogen and oxygen atoms in total. The first kappa shape index (κ1) is 8.68. The highest BCUT2D eigenvalue weighted by molar-refractivity contribution is 5.71. The lowest BCUT2D eigenvalue weighted by Crippen LogP contribution is -2.28. The molecule has 0 bridgehead atoms. The molecule has 1 aromatic carbocycles. The average molecular weight is 194 g/mol. The van der Waals surface area contributed by atoms with Crippen molar-refractivity contribution in [3.8, 4) is 11.5 Å². The van der Waals surface area contributed by atoms with Crippen LogP contribution in [-0.4, -0.2) is 12.8 Å². The van der Waals surface area contributed by atoms with E-state index in [1.165, 1.54) is 0 Å². The largest absolute Gasteiger partial charge is 0.454 e. The molecule has 0 radical (unpaired) electrons. The minimum Gasteiger partial charge on any atom is -0.454 e. The van der Waals surface area contributed by atoms with Crippen LogP contribution >= 0.6 is 0 Å². The molecule has 0 atom stereocenters. The Labute approximate surface area is 80.8 Å². The summed E-state index contributed by atoms with van der Waals surface area (Å²) in [5.41, 5.74) is 5.87. The van der Waals surface area contributed by atoms with Crippen LogP contribution in [-0.2, 0) is 6.54 Å². The third-order valence-corrected chi connectivity index (χ3v) is 1.90. The Morgan fingerprint density at radius 2 is 2.21 bits per heavy atom. The fraction of sp³-hybridized carbons (Fsp3) is 0.222. The highest BCUT2D eigenvalue weighted by atomic mass is 16.7. The Morgan fingerprint density at radius 3 is 3.00 bits per heavy atom. The number of primary amides is 1. The maximum absolute atomic E-state index is 10.5. The number of ether oxygens (including phenoxy) is 2. The van der Waals surface area contributed by atoms with E-state index in [-0.39, 0.29) is 6.79 Å². The number of amides is 2. The lowest BCUT2D eigenvalue weighted by molar-refractivity contribution is 0.174. The van der Waals surface area contributed by atoms with Gasteiger partial charge in [-0.15, -0.1) is 0 Å². The van der Waals surface area contributed by atoms with Crippen molar-refractivity contribution in [3.05, 3.63) is 23.8 Å². The first-order valence-electron chi connectivity index (χ1n) is 4.17. The van der Waals surface area contributed by atoms with Crippen LogP contribution in [0.15, 0.2) is 18.2 Å². The topological polar surface area (TPSA) is 73.6 Å². The van der Waals surface area contributed by atoms with Crippen molar-refractivity contribution < 1.29 is 14.3 Å². The molecule has 0 fully saturated rings. The Kier molecular flexibility index (Phi) is 2.14. The van der Waals surface area contributed by atoms with Crippen LogP contribution in [0, 0.1) is 0 Å². The average Bonchev–Trinajstić information content (AvgIpc) is 2.61. The summed E-state index contributed by atoms with van der Waals surface area (Å²) < 4.78 is 10.3. The Hall–Kier alpha value is -1.91. The number of fused-ring (bicyclic) bond motifs is 1. The molecule has 3 N–H and O–H groups in total. The van der Waals surface area contributed by atoms with Crippen molar-refractivity contribution in [2.24, 2.45) is 5.73 Å². The molecule has 0 saturated heterocycles. The molecule has 2 rings (SSSR count). The quantitative estimate of drug-likeness (QED) is 0.723. The van der Waals surface area contributed by atoms with Gasteiger partial charge >= 0.3 is 6.03 Å². The third kappa shape index (κ3) is 1.71. The summed E-state index contributed by atoms with van der Waals surface area (Å²) in [6.45, 7) is 0.647. The van der Waals surface area contributed by atoms with E-state index < -0.39 is 6.03 Å². The first-order valence-corrected chi connectivity index (χ1v) is 4.17. The van der Waals surface area contributed by atoms with Gasteiger partial charge in [0.15, 0.2) is 11.5 Å². The Bertz CT molecular complexity index is 365. The lowest BCUT2D eigenvalue weighted by Gasteiger charge is -2.02. The fourth-order valence-corrected chi connectivity index (χ4v) is 1.24. The molecule has 0 spiro atoms. The molecular weight excluding hydrogens is 184 g/mol. The van der Waals surface area contributed by atoms with Gasteiger partial charge in [0.1, 0.15) is 0 Å². The maximum Gasteiger partial charge on any atom is 0.312 e. The third-order valence-electron chi connectivity index (χ3n) is 1.90. The zero-order valence-corrected chi connectivity index (χ0v) is 7.45. The predicted octanol–water partition coefficient (Wildman–Crippen LogP) is 0.584. The number of carbonyl (C=O) groups excluding carboxylic acids is 1. The smallest absolute Gasteiger partial charge is 0.312 e. The number of nitrogens with two attached hydrogens (primary N) is 1. The van der Waals surface area contributed by atoms with Gasteiger partial charge in [-0.2, -0.15) is 0 Å². The summed E-state index contributed by atoms with van der Waals surface area (Å²) in [6.07, 6.45) is 0. The van der Waals surface area contributed by atoms with E-state index in [9.17, 15) is 4.79 Å². The first-order chi connectivity index (χ1) is 6.75. The van der Waals surface area contributed by atoms with Crippen LogP contribution in [0.25, 0.3) is 0 Å². The van der Waals surface area contributed by atoms with Crippen molar-refractivity contribution in [1.29, 1.82) is 0 Å². The minimum absolute atomic E-state index is 0.252. The summed E-state index contributed by atoms with van der Waals surface area (Å²) in [5.74, 6) is 1.43. The van der Waals surface area contributed by atoms with Crippen molar-refractivity contribution in [3.63, 3.8) is 0 Å². The van der Waals surface area contributed by atoms with E-state index in [0.29, 0.717) is 12.3 Å². The number of hydrogen-bond donors (Lipinski definition) is 2. The summed E-state index contributed by atoms with van der Waals surface area (Å²) in [4.78, 5) is 10.5. The zero-order chi connectivity index (χ0) is 9.97. The van der Waals surface area contributed by atoms with Crippen LogP contribution in [0.1, 0.15) is 5.56 Å². The molecule has 0 aromatic heterocycles. The van der Waals surface area contributed by atoms with Crippen molar-refractivity contribution >= 4 is 6.03 Å². The fourth-order valence-electron chi connectivity index (χ4n) is 1.24. The number of rotatable bonds is 2. The number of benzene rings is 1. The molecule has 0 saturated carbocycles. The summed E-state index contributed by atoms with van der Waals surface area (Å²) in [6, 6.07) is 4.94. The zero-order valence-electron chi connectivity index (χ0n) is 7.45. The lowest BCUT2D eigenvalue weighted by atomic mass is 10.2. The molecule has 1 heterocycles. The van der Waals surface area contributed by atoms with E-state index in [1.807, 2.05) is 12.1 Å². The highest BCUT2D eigenvalue weighted by Crippen LogP contribution is 2.32. The second-order valence-electron chi connectivity index (χ2n) is 2.91. The van der Waals surface area contributed by atoms with Crippen molar-refractivity contribution in [2.45, 2.75) is 6.54 Å². The second kappa shape index (κ2) is 3.45. The number of nitrogens with one attached hydrogen (secondary N) is 1. The van der Waals surface area contributed by atoms with Gasteiger partial charge in [-0.3, -0.25) is 0 Å². The van der Waals surface area contributed by atoms with Gasteiger partial charge in [0.2, 0.25) is 6.79 Å². The maximum atomic E-state index is 10.5. The van der Waals surface area contributed by atoms with Gasteiger partial charge < -0.3 is 20.5 Å². The number of hydrogen-bond acceptors (Lipinski definition) is 3. The number of carbonyl (C=O) groups is 1. The van der Waals surface area contributed by atoms with E-state index in [0.717, 1.165) is 11.3 Å². The Morgan fingerprint density at radius 1 is 1.43 bits per heavy atom. The molecule has 5 heteroatoms. The standard InChI is InChI=1S/C9H10N2O3/c10-9(12)11-4-6-1-2-7-8(3-6)14-5-13-7/h1-3H,4-5H2,(H3,10,11,12). The van der Waals surface area contributed by atoms with Gasteiger partial charge in [0.05, 0.1) is 0 Å². The van der Waals surface area contributed by atoms with Crippen LogP contribution in [0.3, 0.4) is 0 Å². The van der Waals surface area contributed by atoms with Crippen molar-refractivity contribution in [2.75, 3.05) is 6.79 Å². The van der Waals surface area contributed by atoms with Crippen LogP contribution in [0.2, 0.25) is 0 Å². The van der Waals surface area contributed by atoms with E-state index in [2.05, 4.69) is 5.32 Å². The van der Waals surface area contributed by atoms with Crippen LogP contribution in [0.5, 0.6) is 11.5 Å². The van der Waals surface area contributed by atoms with Gasteiger partial charge in [-0.05, 0) is 17.7 Å². The van der Waals surface area contributed by atoms with Gasteiger partial charge in [0, 0.05) is 6.54 Å². The number of urea groups is 1. The molecule has 1 aliphatic heterocycles. The molecule has 2 amide bonds. The molecule has 1 aromatic rings. The van der Waals surface area contributed by atoms with Crippen LogP contribution < -0.4 is 20.5 Å². The summed E-state index contributed by atoms with van der Waals surface area (Å²) >= 11 is 0. The predicted molar refractivity (Wildman–Crippen MR) is 49.0 cm³/mol. The molecule has 0 aliphatic carbocycles. The van der Waals surface area contributed by atoms with Gasteiger partial charge in [0.25, 0.3) is 0 Å². The molecular formula is C9H10N2O3. The van der Waals surface area contributed by atoms with Crippen molar-refractivity contribution in [1.82, 2.24) is 5.32 Å². The van der Waals surface area contributed by atoms with E-state index in [1.54, 1.807) is 6.07 Å². The summed E-state index contributed by atoms with van der Waals surface area (Å²) in [5, 5.41) is 2.50. The molecule has 1 aliphatic rings. The normalized spacial score (nSPS) is 12.6. The van der Waals surface area contributed by atoms with Gasteiger partial charge in [-0.1, -0.05) is 6.07 Å². The molecule has 0 unspecified atom stereocenters. The highest BCUT2D eigenvalue weighted by Gasteiger charge is 2.12. The van der Waals surface area contributed by atoms with E-state index >= 15 is 0 Å². The minimum atomic E-state index is -0.539. The second-order valence-corrected chi connectivity index (χ2v) is 2.91. The van der Waals surface area contributed by atoms with E-state index in [4.69, 9.17) is 15.2 Å². The van der Waals surface area contributed by atoms with Gasteiger partial charge in [-0.25, -0.2) is 4.79 Å². The van der Waals surface area contributed by atoms with Crippen LogP contribution in [0.4, 0.5) is 4.79 Å². The molecule has 74 valence electrons.